The van der Waals surface area contributed by atoms with Crippen molar-refractivity contribution in [3.8, 4) is 23.0 Å². The summed E-state index contributed by atoms with van der Waals surface area (Å²) in [6, 6.07) is 9.70. The number of phenols is 2. The minimum absolute atomic E-state index is 0.0447. The van der Waals surface area contributed by atoms with Crippen LogP contribution in [0.1, 0.15) is 18.1 Å². The number of methoxy groups -OCH3 is 1. The molecule has 5 heteroatoms. The molecule has 5 nitrogen and oxygen atoms in total. The van der Waals surface area contributed by atoms with Crippen molar-refractivity contribution in [3.05, 3.63) is 59.7 Å². The Hall–Kier alpha value is -3.21. The highest BCUT2D eigenvalue weighted by atomic mass is 16.5. The van der Waals surface area contributed by atoms with Crippen molar-refractivity contribution in [3.63, 3.8) is 0 Å². The summed E-state index contributed by atoms with van der Waals surface area (Å²) < 4.78 is 10.3. The SMILES string of the molecule is CCOc1cc(/C=C/C(=O)/C=C/c2ccc(O)c(OC)c2)ccc1O. The van der Waals surface area contributed by atoms with Gasteiger partial charge in [-0.25, -0.2) is 0 Å². The van der Waals surface area contributed by atoms with Crippen molar-refractivity contribution < 1.29 is 24.5 Å². The molecule has 0 heterocycles. The molecule has 0 aliphatic carbocycles. The molecule has 0 bridgehead atoms. The molecule has 2 aromatic carbocycles. The summed E-state index contributed by atoms with van der Waals surface area (Å²) in [5.41, 5.74) is 1.48. The van der Waals surface area contributed by atoms with E-state index in [-0.39, 0.29) is 17.3 Å². The van der Waals surface area contributed by atoms with Gasteiger partial charge < -0.3 is 19.7 Å². The predicted molar refractivity (Wildman–Crippen MR) is 97.0 cm³/mol. The van der Waals surface area contributed by atoms with Gasteiger partial charge in [-0.2, -0.15) is 0 Å². The maximum absolute atomic E-state index is 12.0. The first kappa shape index (κ1) is 18.1. The number of ether oxygens (including phenoxy) is 2. The molecule has 2 aromatic rings. The average Bonchev–Trinajstić information content (AvgIpc) is 2.61. The third-order valence-corrected chi connectivity index (χ3v) is 3.37. The lowest BCUT2D eigenvalue weighted by atomic mass is 10.1. The second-order valence-electron chi connectivity index (χ2n) is 5.16. The van der Waals surface area contributed by atoms with E-state index in [4.69, 9.17) is 9.47 Å². The van der Waals surface area contributed by atoms with E-state index in [0.717, 1.165) is 11.1 Å². The molecule has 0 saturated heterocycles. The van der Waals surface area contributed by atoms with Gasteiger partial charge in [0.2, 0.25) is 0 Å². The molecule has 25 heavy (non-hydrogen) atoms. The van der Waals surface area contributed by atoms with Crippen LogP contribution in [-0.4, -0.2) is 29.7 Å². The fraction of sp³-hybridized carbons (Fsp3) is 0.150. The summed E-state index contributed by atoms with van der Waals surface area (Å²) in [5, 5.41) is 19.2. The Kier molecular flexibility index (Phi) is 6.23. The zero-order valence-corrected chi connectivity index (χ0v) is 14.1. The number of phenolic OH excluding ortho intramolecular Hbond substituents is 2. The Morgan fingerprint density at radius 2 is 1.48 bits per heavy atom. The Balaban J connectivity index is 2.06. The van der Waals surface area contributed by atoms with Crippen LogP contribution in [0.2, 0.25) is 0 Å². The highest BCUT2D eigenvalue weighted by molar-refractivity contribution is 6.04. The highest BCUT2D eigenvalue weighted by Gasteiger charge is 2.02. The highest BCUT2D eigenvalue weighted by Crippen LogP contribution is 2.28. The van der Waals surface area contributed by atoms with Crippen molar-refractivity contribution in [2.45, 2.75) is 6.92 Å². The van der Waals surface area contributed by atoms with Crippen molar-refractivity contribution in [2.75, 3.05) is 13.7 Å². The molecule has 0 unspecified atom stereocenters. The smallest absolute Gasteiger partial charge is 0.178 e. The third-order valence-electron chi connectivity index (χ3n) is 3.37. The van der Waals surface area contributed by atoms with Gasteiger partial charge in [0.15, 0.2) is 28.8 Å². The summed E-state index contributed by atoms with van der Waals surface area (Å²) in [5.74, 6) is 0.634. The Morgan fingerprint density at radius 1 is 0.960 bits per heavy atom. The molecule has 0 aliphatic rings. The van der Waals surface area contributed by atoms with Crippen LogP contribution in [0, 0.1) is 0 Å². The summed E-state index contributed by atoms with van der Waals surface area (Å²) in [6.07, 6.45) is 6.13. The van der Waals surface area contributed by atoms with Crippen LogP contribution in [-0.2, 0) is 4.79 Å². The number of allylic oxidation sites excluding steroid dienone is 2. The average molecular weight is 340 g/mol. The van der Waals surface area contributed by atoms with Crippen LogP contribution in [0.5, 0.6) is 23.0 Å². The first-order chi connectivity index (χ1) is 12.0. The molecule has 0 spiro atoms. The minimum atomic E-state index is -0.196. The van der Waals surface area contributed by atoms with Crippen molar-refractivity contribution >= 4 is 17.9 Å². The quantitative estimate of drug-likeness (QED) is 0.750. The van der Waals surface area contributed by atoms with E-state index in [2.05, 4.69) is 0 Å². The largest absolute Gasteiger partial charge is 0.504 e. The number of carbonyl (C=O) groups excluding carboxylic acids is 1. The Morgan fingerprint density at radius 3 is 2.00 bits per heavy atom. The third kappa shape index (κ3) is 5.14. The number of hydrogen-bond acceptors (Lipinski definition) is 5. The van der Waals surface area contributed by atoms with Gasteiger partial charge in [-0.1, -0.05) is 24.3 Å². The van der Waals surface area contributed by atoms with Crippen LogP contribution in [0.25, 0.3) is 12.2 Å². The maximum Gasteiger partial charge on any atom is 0.178 e. The van der Waals surface area contributed by atoms with Gasteiger partial charge in [0.05, 0.1) is 13.7 Å². The van der Waals surface area contributed by atoms with Crippen molar-refractivity contribution in [2.24, 2.45) is 0 Å². The van der Waals surface area contributed by atoms with E-state index in [1.807, 2.05) is 6.92 Å². The summed E-state index contributed by atoms with van der Waals surface area (Å²) >= 11 is 0. The van der Waals surface area contributed by atoms with Crippen LogP contribution in [0.15, 0.2) is 48.6 Å². The number of carbonyl (C=O) groups is 1. The molecular formula is C20H20O5. The molecule has 0 atom stereocenters. The van der Waals surface area contributed by atoms with Gasteiger partial charge in [-0.15, -0.1) is 0 Å². The van der Waals surface area contributed by atoms with E-state index in [9.17, 15) is 15.0 Å². The number of benzene rings is 2. The van der Waals surface area contributed by atoms with Gasteiger partial charge in [-0.05, 0) is 54.5 Å². The molecular weight excluding hydrogens is 320 g/mol. The lowest BCUT2D eigenvalue weighted by molar-refractivity contribution is -0.110. The van der Waals surface area contributed by atoms with E-state index in [0.29, 0.717) is 18.1 Å². The lowest BCUT2D eigenvalue weighted by Crippen LogP contribution is -1.92. The summed E-state index contributed by atoms with van der Waals surface area (Å²) in [6.45, 7) is 2.27. The fourth-order valence-electron chi connectivity index (χ4n) is 2.12. The lowest BCUT2D eigenvalue weighted by Gasteiger charge is -2.06. The molecule has 0 amide bonds. The van der Waals surface area contributed by atoms with Crippen LogP contribution in [0.4, 0.5) is 0 Å². The van der Waals surface area contributed by atoms with E-state index in [1.54, 1.807) is 36.4 Å². The molecule has 0 radical (unpaired) electrons. The molecule has 0 saturated carbocycles. The number of hydrogen-bond donors (Lipinski definition) is 2. The van der Waals surface area contributed by atoms with E-state index in [1.165, 1.54) is 31.4 Å². The Bertz CT molecular complexity index is 806. The van der Waals surface area contributed by atoms with E-state index < -0.39 is 0 Å². The van der Waals surface area contributed by atoms with Gasteiger partial charge in [0.25, 0.3) is 0 Å². The molecule has 2 N–H and O–H groups in total. The molecule has 2 rings (SSSR count). The fourth-order valence-corrected chi connectivity index (χ4v) is 2.12. The molecule has 0 aromatic heterocycles. The second kappa shape index (κ2) is 8.59. The predicted octanol–water partition coefficient (Wildman–Crippen LogP) is 3.80. The zero-order chi connectivity index (χ0) is 18.2. The maximum atomic E-state index is 12.0. The second-order valence-corrected chi connectivity index (χ2v) is 5.16. The van der Waals surface area contributed by atoms with Gasteiger partial charge in [0.1, 0.15) is 0 Å². The zero-order valence-electron chi connectivity index (χ0n) is 14.1. The van der Waals surface area contributed by atoms with Gasteiger partial charge in [0, 0.05) is 0 Å². The minimum Gasteiger partial charge on any atom is -0.504 e. The van der Waals surface area contributed by atoms with Gasteiger partial charge >= 0.3 is 0 Å². The van der Waals surface area contributed by atoms with Crippen LogP contribution >= 0.6 is 0 Å². The number of ketones is 1. The van der Waals surface area contributed by atoms with E-state index >= 15 is 0 Å². The van der Waals surface area contributed by atoms with Crippen molar-refractivity contribution in [1.29, 1.82) is 0 Å². The topological polar surface area (TPSA) is 76.0 Å². The molecule has 0 fully saturated rings. The standard InChI is InChI=1S/C20H20O5/c1-3-25-20-13-15(7-11-18(20)23)5-9-16(21)8-4-14-6-10-17(22)19(12-14)24-2/h4-13,22-23H,3H2,1-2H3/b8-4+,9-5+. The first-order valence-electron chi connectivity index (χ1n) is 7.76. The first-order valence-corrected chi connectivity index (χ1v) is 7.76. The summed E-state index contributed by atoms with van der Waals surface area (Å²) in [4.78, 5) is 12.0. The number of aromatic hydroxyl groups is 2. The number of rotatable bonds is 7. The van der Waals surface area contributed by atoms with Gasteiger partial charge in [-0.3, -0.25) is 4.79 Å². The van der Waals surface area contributed by atoms with Crippen LogP contribution in [0.3, 0.4) is 0 Å². The van der Waals surface area contributed by atoms with Crippen molar-refractivity contribution in [1.82, 2.24) is 0 Å². The molecule has 130 valence electrons. The van der Waals surface area contributed by atoms with Crippen LogP contribution < -0.4 is 9.47 Å². The summed E-state index contributed by atoms with van der Waals surface area (Å²) in [7, 11) is 1.46. The normalized spacial score (nSPS) is 11.1. The monoisotopic (exact) mass is 340 g/mol. The Labute approximate surface area is 146 Å². The molecule has 0 aliphatic heterocycles.